The van der Waals surface area contributed by atoms with Crippen LogP contribution in [0.2, 0.25) is 0 Å². The van der Waals surface area contributed by atoms with Crippen molar-refractivity contribution in [1.82, 2.24) is 9.97 Å². The average molecular weight is 293 g/mol. The number of methoxy groups -OCH3 is 1. The zero-order chi connectivity index (χ0) is 15.1. The monoisotopic (exact) mass is 293 g/mol. The molecule has 0 radical (unpaired) electrons. The molecule has 1 aliphatic rings. The number of nitrogens with zero attached hydrogens (tertiary/aromatic N) is 2. The summed E-state index contributed by atoms with van der Waals surface area (Å²) < 4.78 is 11.7. The van der Waals surface area contributed by atoms with E-state index in [4.69, 9.17) is 9.47 Å². The highest BCUT2D eigenvalue weighted by Gasteiger charge is 2.24. The minimum absolute atomic E-state index is 0.198. The van der Waals surface area contributed by atoms with E-state index in [1.165, 1.54) is 0 Å². The van der Waals surface area contributed by atoms with Crippen LogP contribution in [-0.4, -0.2) is 35.8 Å². The van der Waals surface area contributed by atoms with Gasteiger partial charge in [-0.05, 0) is 32.6 Å². The Hall–Kier alpha value is -1.36. The number of rotatable bonds is 7. The number of ether oxygens (including phenoxy) is 2. The van der Waals surface area contributed by atoms with Crippen LogP contribution >= 0.6 is 0 Å². The Labute approximate surface area is 127 Å². The Morgan fingerprint density at radius 3 is 2.76 bits per heavy atom. The lowest BCUT2D eigenvalue weighted by Gasteiger charge is -2.29. The predicted molar refractivity (Wildman–Crippen MR) is 83.9 cm³/mol. The molecule has 0 saturated heterocycles. The van der Waals surface area contributed by atoms with Crippen LogP contribution in [0, 0.1) is 0 Å². The van der Waals surface area contributed by atoms with E-state index in [-0.39, 0.29) is 6.10 Å². The molecule has 1 aromatic heterocycles. The molecule has 5 heteroatoms. The lowest BCUT2D eigenvalue weighted by atomic mass is 9.95. The maximum absolute atomic E-state index is 6.19. The maximum atomic E-state index is 6.19. The highest BCUT2D eigenvalue weighted by molar-refractivity contribution is 5.48. The van der Waals surface area contributed by atoms with Gasteiger partial charge >= 0.3 is 0 Å². The van der Waals surface area contributed by atoms with Crippen LogP contribution in [0.3, 0.4) is 0 Å². The van der Waals surface area contributed by atoms with Crippen LogP contribution in [0.1, 0.15) is 51.5 Å². The molecule has 2 unspecified atom stereocenters. The van der Waals surface area contributed by atoms with Crippen molar-refractivity contribution in [2.75, 3.05) is 19.0 Å². The molecular weight excluding hydrogens is 266 g/mol. The van der Waals surface area contributed by atoms with Crippen LogP contribution in [0.4, 0.5) is 5.82 Å². The molecule has 2 atom stereocenters. The van der Waals surface area contributed by atoms with Gasteiger partial charge in [0.2, 0.25) is 5.88 Å². The summed E-state index contributed by atoms with van der Waals surface area (Å²) in [5.74, 6) is 1.65. The second-order valence-electron chi connectivity index (χ2n) is 5.55. The number of nitrogens with one attached hydrogen (secondary N) is 1. The van der Waals surface area contributed by atoms with Gasteiger partial charge in [0.15, 0.2) is 0 Å². The lowest BCUT2D eigenvalue weighted by Crippen LogP contribution is -2.30. The summed E-state index contributed by atoms with van der Waals surface area (Å²) in [5, 5.41) is 3.30. The highest BCUT2D eigenvalue weighted by Crippen LogP contribution is 2.29. The van der Waals surface area contributed by atoms with Gasteiger partial charge in [0.25, 0.3) is 0 Å². The standard InChI is InChI=1S/C16H27N3O2/c1-4-7-14-15(17-5-2)18-11-19-16(14)21-13-9-6-8-12(10-13)20-3/h11-13H,4-10H2,1-3H3,(H,17,18,19). The molecule has 1 aromatic rings. The Bertz CT molecular complexity index is 440. The summed E-state index contributed by atoms with van der Waals surface area (Å²) >= 11 is 0. The van der Waals surface area contributed by atoms with Gasteiger partial charge in [0.1, 0.15) is 18.2 Å². The van der Waals surface area contributed by atoms with Crippen LogP contribution in [0.25, 0.3) is 0 Å². The van der Waals surface area contributed by atoms with Crippen molar-refractivity contribution >= 4 is 5.82 Å². The Morgan fingerprint density at radius 1 is 1.24 bits per heavy atom. The maximum Gasteiger partial charge on any atom is 0.222 e. The summed E-state index contributed by atoms with van der Waals surface area (Å²) in [6.07, 6.45) is 8.38. The largest absolute Gasteiger partial charge is 0.474 e. The molecule has 5 nitrogen and oxygen atoms in total. The van der Waals surface area contributed by atoms with E-state index < -0.39 is 0 Å². The third-order valence-electron chi connectivity index (χ3n) is 3.94. The van der Waals surface area contributed by atoms with E-state index in [0.717, 1.165) is 62.3 Å². The molecule has 2 rings (SSSR count). The minimum atomic E-state index is 0.198. The number of hydrogen-bond acceptors (Lipinski definition) is 5. The molecule has 118 valence electrons. The Balaban J connectivity index is 2.12. The second kappa shape index (κ2) is 8.17. The normalized spacial score (nSPS) is 22.0. The first-order chi connectivity index (χ1) is 10.3. The molecule has 0 bridgehead atoms. The van der Waals surface area contributed by atoms with Gasteiger partial charge in [0, 0.05) is 20.1 Å². The number of hydrogen-bond donors (Lipinski definition) is 1. The van der Waals surface area contributed by atoms with Crippen LogP contribution in [0.5, 0.6) is 5.88 Å². The van der Waals surface area contributed by atoms with E-state index in [9.17, 15) is 0 Å². The summed E-state index contributed by atoms with van der Waals surface area (Å²) in [5.41, 5.74) is 1.10. The van der Waals surface area contributed by atoms with Gasteiger partial charge in [0.05, 0.1) is 11.7 Å². The van der Waals surface area contributed by atoms with Crippen molar-refractivity contribution in [3.05, 3.63) is 11.9 Å². The summed E-state index contributed by atoms with van der Waals surface area (Å²) in [4.78, 5) is 8.72. The van der Waals surface area contributed by atoms with E-state index in [1.807, 2.05) is 0 Å². The molecular formula is C16H27N3O2. The predicted octanol–water partition coefficient (Wildman–Crippen LogP) is 3.20. The fraction of sp³-hybridized carbons (Fsp3) is 0.750. The molecule has 21 heavy (non-hydrogen) atoms. The number of anilines is 1. The number of aromatic nitrogens is 2. The van der Waals surface area contributed by atoms with Crippen molar-refractivity contribution in [2.24, 2.45) is 0 Å². The molecule has 0 spiro atoms. The topological polar surface area (TPSA) is 56.3 Å². The van der Waals surface area contributed by atoms with Crippen LogP contribution in [-0.2, 0) is 11.2 Å². The summed E-state index contributed by atoms with van der Waals surface area (Å²) in [6.45, 7) is 5.08. The Morgan fingerprint density at radius 2 is 2.05 bits per heavy atom. The van der Waals surface area contributed by atoms with E-state index >= 15 is 0 Å². The fourth-order valence-electron chi connectivity index (χ4n) is 2.87. The molecule has 0 aromatic carbocycles. The smallest absolute Gasteiger partial charge is 0.222 e. The third-order valence-corrected chi connectivity index (χ3v) is 3.94. The zero-order valence-corrected chi connectivity index (χ0v) is 13.4. The fourth-order valence-corrected chi connectivity index (χ4v) is 2.87. The molecule has 1 N–H and O–H groups in total. The molecule has 1 heterocycles. The second-order valence-corrected chi connectivity index (χ2v) is 5.55. The summed E-state index contributed by atoms with van der Waals surface area (Å²) in [7, 11) is 1.78. The van der Waals surface area contributed by atoms with Crippen molar-refractivity contribution in [3.63, 3.8) is 0 Å². The minimum Gasteiger partial charge on any atom is -0.474 e. The van der Waals surface area contributed by atoms with Gasteiger partial charge < -0.3 is 14.8 Å². The molecule has 1 saturated carbocycles. The van der Waals surface area contributed by atoms with Crippen LogP contribution in [0.15, 0.2) is 6.33 Å². The van der Waals surface area contributed by atoms with E-state index in [1.54, 1.807) is 13.4 Å². The zero-order valence-electron chi connectivity index (χ0n) is 13.4. The van der Waals surface area contributed by atoms with Gasteiger partial charge in [-0.25, -0.2) is 9.97 Å². The first-order valence-corrected chi connectivity index (χ1v) is 8.05. The quantitative estimate of drug-likeness (QED) is 0.836. The molecule has 0 aliphatic heterocycles. The van der Waals surface area contributed by atoms with Crippen molar-refractivity contribution in [2.45, 2.75) is 64.6 Å². The molecule has 1 aliphatic carbocycles. The van der Waals surface area contributed by atoms with Gasteiger partial charge in [-0.3, -0.25) is 0 Å². The van der Waals surface area contributed by atoms with Crippen LogP contribution < -0.4 is 10.1 Å². The lowest BCUT2D eigenvalue weighted by molar-refractivity contribution is 0.0191. The van der Waals surface area contributed by atoms with Crippen molar-refractivity contribution in [3.8, 4) is 5.88 Å². The summed E-state index contributed by atoms with van der Waals surface area (Å²) in [6, 6.07) is 0. The van der Waals surface area contributed by atoms with Crippen molar-refractivity contribution in [1.29, 1.82) is 0 Å². The van der Waals surface area contributed by atoms with Gasteiger partial charge in [-0.1, -0.05) is 13.3 Å². The first kappa shape index (κ1) is 16.0. The third kappa shape index (κ3) is 4.30. The van der Waals surface area contributed by atoms with Gasteiger partial charge in [-0.15, -0.1) is 0 Å². The van der Waals surface area contributed by atoms with Gasteiger partial charge in [-0.2, -0.15) is 0 Å². The highest BCUT2D eigenvalue weighted by atomic mass is 16.5. The van der Waals surface area contributed by atoms with E-state index in [2.05, 4.69) is 29.1 Å². The Kier molecular flexibility index (Phi) is 6.23. The molecule has 0 amide bonds. The van der Waals surface area contributed by atoms with Crippen molar-refractivity contribution < 1.29 is 9.47 Å². The van der Waals surface area contributed by atoms with E-state index in [0.29, 0.717) is 6.10 Å². The molecule has 1 fully saturated rings. The average Bonchev–Trinajstić information content (AvgIpc) is 2.51. The first-order valence-electron chi connectivity index (χ1n) is 8.05. The SMILES string of the molecule is CCCc1c(NCC)ncnc1OC1CCCC(OC)C1.